The number of esters is 2. The van der Waals surface area contributed by atoms with Crippen LogP contribution in [0.3, 0.4) is 0 Å². The van der Waals surface area contributed by atoms with Gasteiger partial charge in [-0.15, -0.1) is 0 Å². The van der Waals surface area contributed by atoms with Gasteiger partial charge in [0, 0.05) is 50.0 Å². The Labute approximate surface area is 395 Å². The van der Waals surface area contributed by atoms with E-state index in [-0.39, 0.29) is 33.3 Å². The van der Waals surface area contributed by atoms with E-state index in [9.17, 15) is 37.3 Å². The Kier molecular flexibility index (Phi) is 15.9. The summed E-state index contributed by atoms with van der Waals surface area (Å²) in [5, 5.41) is 4.06. The van der Waals surface area contributed by atoms with Crippen LogP contribution in [0.2, 0.25) is 0 Å². The van der Waals surface area contributed by atoms with Crippen molar-refractivity contribution in [2.24, 2.45) is 0 Å². The zero-order valence-corrected chi connectivity index (χ0v) is 40.9. The maximum Gasteiger partial charge on any atom is 0.342 e. The standard InChI is InChI=1S/C23H18BrFNO5P.C22H16BrFNO5P.C3H8/c1-26(32(28,29)16-6-4-3-5-7-16)19-13-20-17(12-18(19)24)21(23(27)30-2)22(31-20)14-8-10-15(25)11-9-14;1-29-22(26)20-16-11-17(23)18(25-31(27,28)15-5-3-2-4-6-15)12-19(16)30-21(20)13-7-9-14(24)10-8-13;1-3-2/h3-13H,1-2H3,(H,28,29);2-12H,1H3,(H2,25,27,28);3H2,1-2H3. The molecule has 0 bridgehead atoms. The number of halogens is 4. The van der Waals surface area contributed by atoms with Gasteiger partial charge >= 0.3 is 27.0 Å². The Morgan fingerprint density at radius 2 is 1.06 bits per heavy atom. The fraction of sp³-hybridized carbons (Fsp3) is 0.125. The average Bonchev–Trinajstić information content (AvgIpc) is 3.87. The van der Waals surface area contributed by atoms with Crippen molar-refractivity contribution < 1.29 is 55.6 Å². The molecule has 2 unspecified atom stereocenters. The summed E-state index contributed by atoms with van der Waals surface area (Å²) in [5.41, 5.74) is 2.63. The molecule has 0 fully saturated rings. The quantitative estimate of drug-likeness (QED) is 0.0877. The number of ether oxygens (including phenoxy) is 2. The summed E-state index contributed by atoms with van der Waals surface area (Å²) in [6.45, 7) is 4.25. The third-order valence-electron chi connectivity index (χ3n) is 9.75. The molecule has 342 valence electrons. The van der Waals surface area contributed by atoms with Crippen molar-refractivity contribution in [2.75, 3.05) is 31.0 Å². The highest BCUT2D eigenvalue weighted by molar-refractivity contribution is 9.11. The lowest BCUT2D eigenvalue weighted by molar-refractivity contribution is 0.0594. The third kappa shape index (κ3) is 10.7. The lowest BCUT2D eigenvalue weighted by Gasteiger charge is -2.26. The summed E-state index contributed by atoms with van der Waals surface area (Å²) >= 11 is 6.83. The van der Waals surface area contributed by atoms with Gasteiger partial charge < -0.3 is 37.9 Å². The number of furan rings is 2. The molecule has 2 aromatic heterocycles. The number of nitrogens with one attached hydrogen (secondary N) is 1. The minimum absolute atomic E-state index is 0.173. The molecule has 0 aliphatic carbocycles. The molecule has 8 aromatic rings. The highest BCUT2D eigenvalue weighted by atomic mass is 79.9. The second-order valence-electron chi connectivity index (χ2n) is 14.4. The highest BCUT2D eigenvalue weighted by Gasteiger charge is 2.31. The molecule has 12 nitrogen and oxygen atoms in total. The summed E-state index contributed by atoms with van der Waals surface area (Å²) in [7, 11) is -3.83. The van der Waals surface area contributed by atoms with Crippen molar-refractivity contribution >= 4 is 103 Å². The fourth-order valence-corrected chi connectivity index (χ4v) is 10.5. The molecule has 2 heterocycles. The normalized spacial score (nSPS) is 12.7. The van der Waals surface area contributed by atoms with Gasteiger partial charge in [0.1, 0.15) is 45.4 Å². The van der Waals surface area contributed by atoms with Gasteiger partial charge in [0.25, 0.3) is 0 Å². The number of methoxy groups -OCH3 is 2. The predicted octanol–water partition coefficient (Wildman–Crippen LogP) is 12.9. The van der Waals surface area contributed by atoms with Gasteiger partial charge in [-0.2, -0.15) is 0 Å². The van der Waals surface area contributed by atoms with Crippen LogP contribution in [0.15, 0.2) is 151 Å². The number of carbonyl (C=O) groups is 2. The van der Waals surface area contributed by atoms with Crippen molar-refractivity contribution in [1.29, 1.82) is 0 Å². The van der Waals surface area contributed by atoms with Crippen LogP contribution < -0.4 is 20.4 Å². The molecule has 0 aliphatic heterocycles. The molecule has 0 saturated heterocycles. The molecule has 2 atom stereocenters. The number of fused-ring (bicyclic) bond motifs is 2. The molecule has 0 amide bonds. The number of hydrogen-bond donors (Lipinski definition) is 3. The summed E-state index contributed by atoms with van der Waals surface area (Å²) in [6.07, 6.45) is 1.25. The summed E-state index contributed by atoms with van der Waals surface area (Å²) in [4.78, 5) is 46.4. The molecule has 0 saturated carbocycles. The maximum atomic E-state index is 13.4. The largest absolute Gasteiger partial charge is 0.465 e. The van der Waals surface area contributed by atoms with Crippen molar-refractivity contribution in [2.45, 2.75) is 20.3 Å². The third-order valence-corrected chi connectivity index (χ3v) is 14.6. The van der Waals surface area contributed by atoms with Crippen molar-refractivity contribution in [3.8, 4) is 22.6 Å². The molecule has 6 aromatic carbocycles. The minimum atomic E-state index is -3.93. The topological polar surface area (TPSA) is 169 Å². The van der Waals surface area contributed by atoms with E-state index >= 15 is 0 Å². The fourth-order valence-electron chi connectivity index (χ4n) is 6.57. The van der Waals surface area contributed by atoms with E-state index in [2.05, 4.69) is 50.8 Å². The smallest absolute Gasteiger partial charge is 0.342 e. The molecule has 3 N–H and O–H groups in total. The van der Waals surface area contributed by atoms with E-state index in [4.69, 9.17) is 18.3 Å². The van der Waals surface area contributed by atoms with Crippen LogP contribution in [-0.4, -0.2) is 43.0 Å². The van der Waals surface area contributed by atoms with Gasteiger partial charge in [0.15, 0.2) is 0 Å². The number of nitrogens with zero attached hydrogens (tertiary/aromatic N) is 1. The number of hydrogen-bond acceptors (Lipinski definition) is 8. The zero-order valence-electron chi connectivity index (χ0n) is 35.9. The number of anilines is 2. The second-order valence-corrected chi connectivity index (χ2v) is 20.2. The highest BCUT2D eigenvalue weighted by Crippen LogP contribution is 2.50. The lowest BCUT2D eigenvalue weighted by atomic mass is 10.1. The first-order valence-electron chi connectivity index (χ1n) is 19.9. The molecule has 0 radical (unpaired) electrons. The van der Waals surface area contributed by atoms with Crippen LogP contribution in [0.25, 0.3) is 44.6 Å². The predicted molar refractivity (Wildman–Crippen MR) is 261 cm³/mol. The zero-order chi connectivity index (χ0) is 47.9. The Morgan fingerprint density at radius 3 is 1.50 bits per heavy atom. The van der Waals surface area contributed by atoms with E-state index < -0.39 is 38.6 Å². The average molecular weight is 1070 g/mol. The SMILES string of the molecule is CCC.COC(=O)c1c(-c2ccc(F)cc2)oc2cc(N(C)P(=O)(O)c3ccccc3)c(Br)cc12.COC(=O)c1c(-c2ccc(F)cc2)oc2cc(NP(=O)(O)c3ccccc3)c(Br)cc12. The molecule has 0 aliphatic rings. The second kappa shape index (κ2) is 21.2. The van der Waals surface area contributed by atoms with E-state index in [0.29, 0.717) is 53.4 Å². The minimum Gasteiger partial charge on any atom is -0.465 e. The van der Waals surface area contributed by atoms with Crippen LogP contribution in [0.1, 0.15) is 41.0 Å². The Morgan fingerprint density at radius 1 is 0.652 bits per heavy atom. The van der Waals surface area contributed by atoms with E-state index in [1.54, 1.807) is 78.9 Å². The monoisotopic (exact) mass is 1060 g/mol. The van der Waals surface area contributed by atoms with Crippen LogP contribution >= 0.6 is 46.9 Å². The van der Waals surface area contributed by atoms with E-state index in [1.165, 1.54) is 87.0 Å². The first kappa shape index (κ1) is 49.6. The van der Waals surface area contributed by atoms with Crippen molar-refractivity contribution in [1.82, 2.24) is 0 Å². The summed E-state index contributed by atoms with van der Waals surface area (Å²) < 4.78 is 76.7. The van der Waals surface area contributed by atoms with Gasteiger partial charge in [0.05, 0.1) is 36.2 Å². The van der Waals surface area contributed by atoms with Crippen molar-refractivity contribution in [3.05, 3.63) is 165 Å². The maximum absolute atomic E-state index is 13.4. The van der Waals surface area contributed by atoms with Gasteiger partial charge in [-0.25, -0.2) is 18.4 Å². The van der Waals surface area contributed by atoms with Gasteiger partial charge in [-0.3, -0.25) is 9.13 Å². The number of carbonyl (C=O) groups excluding carboxylic acids is 2. The van der Waals surface area contributed by atoms with E-state index in [1.807, 2.05) is 0 Å². The number of benzene rings is 6. The first-order valence-corrected chi connectivity index (χ1v) is 24.8. The first-order chi connectivity index (χ1) is 31.4. The van der Waals surface area contributed by atoms with Crippen LogP contribution in [0.4, 0.5) is 20.2 Å². The van der Waals surface area contributed by atoms with Crippen LogP contribution in [0, 0.1) is 11.6 Å². The summed E-state index contributed by atoms with van der Waals surface area (Å²) in [5.74, 6) is -1.66. The van der Waals surface area contributed by atoms with E-state index in [0.717, 1.165) is 0 Å². The van der Waals surface area contributed by atoms with Gasteiger partial charge in [-0.1, -0.05) is 56.7 Å². The van der Waals surface area contributed by atoms with Crippen LogP contribution in [0.5, 0.6) is 0 Å². The molecule has 8 rings (SSSR count). The molecule has 0 spiro atoms. The number of rotatable bonds is 10. The Bertz CT molecular complexity index is 3110. The molecule has 66 heavy (non-hydrogen) atoms. The molecule has 18 heteroatoms. The lowest BCUT2D eigenvalue weighted by Crippen LogP contribution is -2.21. The van der Waals surface area contributed by atoms with Crippen LogP contribution in [-0.2, 0) is 18.6 Å². The van der Waals surface area contributed by atoms with Crippen molar-refractivity contribution in [3.63, 3.8) is 0 Å². The van der Waals surface area contributed by atoms with Gasteiger partial charge in [-0.05, 0) is 117 Å². The molecular weight excluding hydrogens is 1020 g/mol. The Balaban J connectivity index is 0.000000206. The Hall–Kier alpha value is -5.86. The summed E-state index contributed by atoms with van der Waals surface area (Å²) in [6, 6.07) is 33.8. The van der Waals surface area contributed by atoms with Gasteiger partial charge in [0.2, 0.25) is 0 Å². The molecular formula is C48H42Br2F2N2O10P2.